The maximum Gasteiger partial charge on any atom is 0.0992 e. The first-order valence-corrected chi connectivity index (χ1v) is 8.11. The van der Waals surface area contributed by atoms with Gasteiger partial charge < -0.3 is 4.90 Å². The van der Waals surface area contributed by atoms with Crippen LogP contribution in [0, 0.1) is 11.3 Å². The van der Waals surface area contributed by atoms with Crippen molar-refractivity contribution in [3.05, 3.63) is 96.7 Å². The van der Waals surface area contributed by atoms with Crippen LogP contribution in [0.15, 0.2) is 91.2 Å². The summed E-state index contributed by atoms with van der Waals surface area (Å²) in [4.78, 5) is 2.08. The molecule has 0 saturated heterocycles. The molecule has 2 aromatic carbocycles. The average Bonchev–Trinajstić information content (AvgIpc) is 2.67. The number of allylic oxidation sites excluding steroid dienone is 4. The standard InChI is InChI=1S/C20H18N2.C2H6/c1-3-5-11-18(4-2)22(19-12-7-6-8-13-19)20-14-9-10-17(15-20)16-21;1-2/h3-15H,2H2,1H3;1-2H3/b5-3-,18-11+;. The number of benzene rings is 2. The summed E-state index contributed by atoms with van der Waals surface area (Å²) in [7, 11) is 0. The highest BCUT2D eigenvalue weighted by molar-refractivity contribution is 5.71. The zero-order chi connectivity index (χ0) is 17.8. The van der Waals surface area contributed by atoms with Gasteiger partial charge in [0, 0.05) is 17.1 Å². The SMILES string of the molecule is C=C/C(=C\C=C/C)N(c1ccccc1)c1cccc(C#N)c1.CC. The first-order chi connectivity index (χ1) is 11.8. The molecule has 0 aliphatic carbocycles. The number of hydrogen-bond acceptors (Lipinski definition) is 2. The van der Waals surface area contributed by atoms with Crippen molar-refractivity contribution in [2.75, 3.05) is 4.90 Å². The summed E-state index contributed by atoms with van der Waals surface area (Å²) >= 11 is 0. The molecule has 0 aromatic heterocycles. The lowest BCUT2D eigenvalue weighted by atomic mass is 10.1. The minimum atomic E-state index is 0.632. The van der Waals surface area contributed by atoms with Crippen molar-refractivity contribution in [2.24, 2.45) is 0 Å². The topological polar surface area (TPSA) is 27.0 Å². The summed E-state index contributed by atoms with van der Waals surface area (Å²) < 4.78 is 0. The van der Waals surface area contributed by atoms with Gasteiger partial charge in [0.1, 0.15) is 0 Å². The molecule has 2 nitrogen and oxygen atoms in total. The first-order valence-electron chi connectivity index (χ1n) is 8.11. The third-order valence-electron chi connectivity index (χ3n) is 3.17. The fourth-order valence-corrected chi connectivity index (χ4v) is 2.17. The van der Waals surface area contributed by atoms with Gasteiger partial charge in [-0.1, -0.05) is 56.8 Å². The van der Waals surface area contributed by atoms with Crippen LogP contribution < -0.4 is 4.90 Å². The Morgan fingerprint density at radius 1 is 1.04 bits per heavy atom. The van der Waals surface area contributed by atoms with E-state index in [4.69, 9.17) is 5.26 Å². The summed E-state index contributed by atoms with van der Waals surface area (Å²) in [5.74, 6) is 0. The Hall–Kier alpha value is -3.05. The molecule has 0 fully saturated rings. The molecule has 2 heteroatoms. The van der Waals surface area contributed by atoms with Crippen LogP contribution in [0.4, 0.5) is 11.4 Å². The Labute approximate surface area is 145 Å². The molecule has 0 radical (unpaired) electrons. The van der Waals surface area contributed by atoms with E-state index in [0.29, 0.717) is 5.56 Å². The molecule has 122 valence electrons. The van der Waals surface area contributed by atoms with E-state index >= 15 is 0 Å². The summed E-state index contributed by atoms with van der Waals surface area (Å²) in [5.41, 5.74) is 3.53. The van der Waals surface area contributed by atoms with Crippen LogP contribution in [0.5, 0.6) is 0 Å². The number of rotatable bonds is 5. The normalized spacial score (nSPS) is 10.5. The van der Waals surface area contributed by atoms with E-state index < -0.39 is 0 Å². The van der Waals surface area contributed by atoms with Crippen LogP contribution in [-0.4, -0.2) is 0 Å². The van der Waals surface area contributed by atoms with E-state index in [0.717, 1.165) is 17.1 Å². The second-order valence-electron chi connectivity index (χ2n) is 4.65. The molecule has 0 unspecified atom stereocenters. The Morgan fingerprint density at radius 3 is 2.29 bits per heavy atom. The minimum absolute atomic E-state index is 0.632. The van der Waals surface area contributed by atoms with E-state index in [1.165, 1.54) is 0 Å². The Balaban J connectivity index is 0.00000139. The zero-order valence-electron chi connectivity index (χ0n) is 14.6. The molecule has 0 atom stereocenters. The van der Waals surface area contributed by atoms with Gasteiger partial charge in [-0.05, 0) is 49.4 Å². The minimum Gasteiger partial charge on any atom is -0.310 e. The van der Waals surface area contributed by atoms with Gasteiger partial charge in [-0.25, -0.2) is 0 Å². The van der Waals surface area contributed by atoms with Crippen molar-refractivity contribution in [3.63, 3.8) is 0 Å². The molecule has 0 aliphatic rings. The van der Waals surface area contributed by atoms with Crippen LogP contribution in [-0.2, 0) is 0 Å². The fraction of sp³-hybridized carbons (Fsp3) is 0.136. The Kier molecular flexibility index (Phi) is 8.42. The summed E-state index contributed by atoms with van der Waals surface area (Å²) in [5, 5.41) is 9.14. The van der Waals surface area contributed by atoms with E-state index in [1.807, 2.05) is 93.6 Å². The van der Waals surface area contributed by atoms with Gasteiger partial charge in [-0.2, -0.15) is 5.26 Å². The highest BCUT2D eigenvalue weighted by Gasteiger charge is 2.12. The van der Waals surface area contributed by atoms with E-state index in [-0.39, 0.29) is 0 Å². The van der Waals surface area contributed by atoms with Crippen molar-refractivity contribution >= 4 is 11.4 Å². The monoisotopic (exact) mass is 316 g/mol. The van der Waals surface area contributed by atoms with Crippen LogP contribution in [0.3, 0.4) is 0 Å². The van der Waals surface area contributed by atoms with Crippen LogP contribution in [0.2, 0.25) is 0 Å². The van der Waals surface area contributed by atoms with Gasteiger partial charge in [-0.3, -0.25) is 0 Å². The maximum absolute atomic E-state index is 9.14. The Morgan fingerprint density at radius 2 is 1.71 bits per heavy atom. The van der Waals surface area contributed by atoms with Gasteiger partial charge in [-0.15, -0.1) is 0 Å². The van der Waals surface area contributed by atoms with Gasteiger partial charge in [0.2, 0.25) is 0 Å². The Bertz CT molecular complexity index is 734. The largest absolute Gasteiger partial charge is 0.310 e. The van der Waals surface area contributed by atoms with Crippen LogP contribution in [0.25, 0.3) is 0 Å². The zero-order valence-corrected chi connectivity index (χ0v) is 14.6. The van der Waals surface area contributed by atoms with E-state index in [9.17, 15) is 0 Å². The lowest BCUT2D eigenvalue weighted by Gasteiger charge is -2.26. The van der Waals surface area contributed by atoms with E-state index in [1.54, 1.807) is 6.07 Å². The number of anilines is 2. The van der Waals surface area contributed by atoms with Crippen molar-refractivity contribution < 1.29 is 0 Å². The molecule has 0 bridgehead atoms. The second-order valence-corrected chi connectivity index (χ2v) is 4.65. The molecular formula is C22H24N2. The molecule has 0 heterocycles. The predicted octanol–water partition coefficient (Wildman–Crippen LogP) is 6.37. The van der Waals surface area contributed by atoms with Gasteiger partial charge >= 0.3 is 0 Å². The van der Waals surface area contributed by atoms with Gasteiger partial charge in [0.05, 0.1) is 11.6 Å². The molecule has 0 spiro atoms. The van der Waals surface area contributed by atoms with E-state index in [2.05, 4.69) is 17.5 Å². The molecular weight excluding hydrogens is 292 g/mol. The van der Waals surface area contributed by atoms with Crippen LogP contribution >= 0.6 is 0 Å². The third-order valence-corrected chi connectivity index (χ3v) is 3.17. The summed E-state index contributed by atoms with van der Waals surface area (Å²) in [6.07, 6.45) is 7.75. The second kappa shape index (κ2) is 10.6. The van der Waals surface area contributed by atoms with Crippen molar-refractivity contribution in [1.29, 1.82) is 5.26 Å². The molecule has 0 saturated carbocycles. The maximum atomic E-state index is 9.14. The molecule has 2 aromatic rings. The highest BCUT2D eigenvalue weighted by Crippen LogP contribution is 2.30. The molecule has 0 amide bonds. The van der Waals surface area contributed by atoms with Crippen molar-refractivity contribution in [1.82, 2.24) is 0 Å². The van der Waals surface area contributed by atoms with Crippen LogP contribution in [0.1, 0.15) is 26.3 Å². The van der Waals surface area contributed by atoms with Gasteiger partial charge in [0.15, 0.2) is 0 Å². The first kappa shape index (κ1) is 19.0. The number of nitriles is 1. The molecule has 0 N–H and O–H groups in total. The third kappa shape index (κ3) is 5.00. The lowest BCUT2D eigenvalue weighted by molar-refractivity contribution is 1.21. The summed E-state index contributed by atoms with van der Waals surface area (Å²) in [6, 6.07) is 19.8. The predicted molar refractivity (Wildman–Crippen MR) is 104 cm³/mol. The highest BCUT2D eigenvalue weighted by atomic mass is 15.1. The molecule has 0 aliphatic heterocycles. The number of hydrogen-bond donors (Lipinski definition) is 0. The number of para-hydroxylation sites is 1. The van der Waals surface area contributed by atoms with Crippen molar-refractivity contribution in [2.45, 2.75) is 20.8 Å². The lowest BCUT2D eigenvalue weighted by Crippen LogP contribution is -2.15. The van der Waals surface area contributed by atoms with Crippen molar-refractivity contribution in [3.8, 4) is 6.07 Å². The fourth-order valence-electron chi connectivity index (χ4n) is 2.17. The molecule has 2 rings (SSSR count). The quantitative estimate of drug-likeness (QED) is 0.599. The summed E-state index contributed by atoms with van der Waals surface area (Å²) in [6.45, 7) is 9.89. The average molecular weight is 316 g/mol. The number of nitrogens with zero attached hydrogens (tertiary/aromatic N) is 2. The molecule has 24 heavy (non-hydrogen) atoms. The van der Waals surface area contributed by atoms with Gasteiger partial charge in [0.25, 0.3) is 0 Å². The smallest absolute Gasteiger partial charge is 0.0992 e.